The summed E-state index contributed by atoms with van der Waals surface area (Å²) in [4.78, 5) is 22.0. The minimum absolute atomic E-state index is 0.0140. The minimum Gasteiger partial charge on any atom is -0.867 e. The first-order valence-corrected chi connectivity index (χ1v) is 8.03. The molecule has 8 nitrogen and oxygen atoms in total. The Morgan fingerprint density at radius 3 is 2.65 bits per heavy atom. The van der Waals surface area contributed by atoms with E-state index in [0.717, 1.165) is 12.3 Å². The zero-order valence-electron chi connectivity index (χ0n) is 13.4. The summed E-state index contributed by atoms with van der Waals surface area (Å²) in [6.45, 7) is 1.61. The summed E-state index contributed by atoms with van der Waals surface area (Å²) >= 11 is 11.6. The summed E-state index contributed by atoms with van der Waals surface area (Å²) in [5.41, 5.74) is 2.12. The Balaban J connectivity index is 2.03. The van der Waals surface area contributed by atoms with Crippen LogP contribution in [0.1, 0.15) is 12.5 Å². The van der Waals surface area contributed by atoms with Crippen LogP contribution in [0.15, 0.2) is 41.5 Å². The molecule has 26 heavy (non-hydrogen) atoms. The third-order valence-corrected chi connectivity index (χ3v) is 3.69. The van der Waals surface area contributed by atoms with E-state index in [0.29, 0.717) is 10.7 Å². The van der Waals surface area contributed by atoms with Crippen molar-refractivity contribution in [1.82, 2.24) is 5.43 Å². The number of nitrogens with one attached hydrogen (secondary N) is 2. The molecule has 1 amide bonds. The van der Waals surface area contributed by atoms with Crippen LogP contribution in [0.3, 0.4) is 0 Å². The number of benzene rings is 2. The molecule has 0 bridgehead atoms. The maximum absolute atomic E-state index is 12.0. The van der Waals surface area contributed by atoms with E-state index in [1.807, 2.05) is 0 Å². The van der Waals surface area contributed by atoms with Crippen LogP contribution in [0.5, 0.6) is 5.75 Å². The van der Waals surface area contributed by atoms with E-state index in [-0.39, 0.29) is 10.6 Å². The van der Waals surface area contributed by atoms with E-state index in [1.54, 1.807) is 31.2 Å². The van der Waals surface area contributed by atoms with E-state index in [9.17, 15) is 20.0 Å². The maximum Gasteiger partial charge on any atom is 0.263 e. The molecule has 0 aromatic heterocycles. The van der Waals surface area contributed by atoms with Crippen molar-refractivity contribution in [3.8, 4) is 5.75 Å². The second kappa shape index (κ2) is 8.50. The van der Waals surface area contributed by atoms with Gasteiger partial charge < -0.3 is 10.4 Å². The van der Waals surface area contributed by atoms with E-state index in [2.05, 4.69) is 15.8 Å². The minimum atomic E-state index is -0.845. The average Bonchev–Trinajstić information content (AvgIpc) is 2.57. The molecule has 2 aromatic carbocycles. The van der Waals surface area contributed by atoms with Crippen molar-refractivity contribution in [3.05, 3.63) is 62.1 Å². The van der Waals surface area contributed by atoms with Crippen molar-refractivity contribution >= 4 is 46.7 Å². The molecule has 136 valence electrons. The van der Waals surface area contributed by atoms with Gasteiger partial charge in [0.15, 0.2) is 0 Å². The van der Waals surface area contributed by atoms with Gasteiger partial charge in [0, 0.05) is 21.8 Å². The van der Waals surface area contributed by atoms with Crippen LogP contribution in [0.2, 0.25) is 10.0 Å². The van der Waals surface area contributed by atoms with Gasteiger partial charge in [-0.15, -0.1) is 0 Å². The molecule has 0 saturated carbocycles. The number of halogens is 2. The number of carbonyl (C=O) groups excluding carboxylic acids is 1. The Kier molecular flexibility index (Phi) is 6.37. The molecule has 0 spiro atoms. The molecule has 0 aliphatic rings. The van der Waals surface area contributed by atoms with Crippen molar-refractivity contribution in [2.45, 2.75) is 13.0 Å². The molecular formula is C16H13Cl2N4O4-. The smallest absolute Gasteiger partial charge is 0.263 e. The van der Waals surface area contributed by atoms with E-state index >= 15 is 0 Å². The van der Waals surface area contributed by atoms with Gasteiger partial charge in [-0.2, -0.15) is 5.10 Å². The quantitative estimate of drug-likeness (QED) is 0.442. The summed E-state index contributed by atoms with van der Waals surface area (Å²) in [5, 5.41) is 29.8. The molecule has 0 fully saturated rings. The summed E-state index contributed by atoms with van der Waals surface area (Å²) in [7, 11) is 0. The number of rotatable bonds is 6. The fourth-order valence-electron chi connectivity index (χ4n) is 1.99. The Morgan fingerprint density at radius 2 is 2.00 bits per heavy atom. The lowest BCUT2D eigenvalue weighted by Crippen LogP contribution is -2.34. The highest BCUT2D eigenvalue weighted by molar-refractivity contribution is 6.31. The fraction of sp³-hybridized carbons (Fsp3) is 0.125. The summed E-state index contributed by atoms with van der Waals surface area (Å²) < 4.78 is 0. The van der Waals surface area contributed by atoms with Crippen molar-refractivity contribution < 1.29 is 14.8 Å². The number of nitrogens with zero attached hydrogens (tertiary/aromatic N) is 2. The van der Waals surface area contributed by atoms with Crippen LogP contribution < -0.4 is 15.8 Å². The zero-order chi connectivity index (χ0) is 19.3. The highest BCUT2D eigenvalue weighted by Crippen LogP contribution is 2.29. The van der Waals surface area contributed by atoms with E-state index < -0.39 is 28.3 Å². The highest BCUT2D eigenvalue weighted by atomic mass is 35.5. The molecule has 0 heterocycles. The predicted octanol–water partition coefficient (Wildman–Crippen LogP) is 2.93. The fourth-order valence-corrected chi connectivity index (χ4v) is 2.40. The molecule has 0 aliphatic heterocycles. The first kappa shape index (κ1) is 19.5. The van der Waals surface area contributed by atoms with Crippen LogP contribution >= 0.6 is 23.2 Å². The topological polar surface area (TPSA) is 120 Å². The lowest BCUT2D eigenvalue weighted by atomic mass is 10.2. The summed E-state index contributed by atoms with van der Waals surface area (Å²) in [6.07, 6.45) is 1.01. The van der Waals surface area contributed by atoms with Gasteiger partial charge in [0.2, 0.25) is 0 Å². The molecule has 2 N–H and O–H groups in total. The second-order valence-corrected chi connectivity index (χ2v) is 6.08. The largest absolute Gasteiger partial charge is 0.867 e. The number of carbonyl (C=O) groups is 1. The zero-order valence-corrected chi connectivity index (χ0v) is 14.9. The molecule has 10 heteroatoms. The van der Waals surface area contributed by atoms with Gasteiger partial charge >= 0.3 is 0 Å². The van der Waals surface area contributed by atoms with Crippen molar-refractivity contribution in [2.24, 2.45) is 5.10 Å². The van der Waals surface area contributed by atoms with Gasteiger partial charge in [-0.05, 0) is 42.5 Å². The molecular weight excluding hydrogens is 383 g/mol. The third kappa shape index (κ3) is 5.08. The lowest BCUT2D eigenvalue weighted by molar-refractivity contribution is -0.398. The van der Waals surface area contributed by atoms with Gasteiger partial charge in [-0.25, -0.2) is 5.43 Å². The van der Waals surface area contributed by atoms with E-state index in [4.69, 9.17) is 23.2 Å². The molecule has 0 unspecified atom stereocenters. The Bertz CT molecular complexity index is 873. The lowest BCUT2D eigenvalue weighted by Gasteiger charge is -2.14. The first-order chi connectivity index (χ1) is 12.3. The van der Waals surface area contributed by atoms with Crippen LogP contribution in [-0.2, 0) is 4.79 Å². The van der Waals surface area contributed by atoms with Crippen LogP contribution in [0.25, 0.3) is 0 Å². The highest BCUT2D eigenvalue weighted by Gasteiger charge is 2.13. The van der Waals surface area contributed by atoms with E-state index in [1.165, 1.54) is 6.07 Å². The Morgan fingerprint density at radius 1 is 1.27 bits per heavy atom. The number of nitro groups is 1. The number of amides is 1. The van der Waals surface area contributed by atoms with Crippen LogP contribution in [-0.4, -0.2) is 23.1 Å². The molecule has 2 aromatic rings. The first-order valence-electron chi connectivity index (χ1n) is 7.28. The van der Waals surface area contributed by atoms with Gasteiger partial charge in [-0.3, -0.25) is 14.9 Å². The Hall–Kier alpha value is -2.84. The monoisotopic (exact) mass is 395 g/mol. The van der Waals surface area contributed by atoms with Gasteiger partial charge in [0.1, 0.15) is 6.04 Å². The van der Waals surface area contributed by atoms with Crippen molar-refractivity contribution in [2.75, 3.05) is 5.32 Å². The number of anilines is 1. The molecule has 0 saturated heterocycles. The predicted molar refractivity (Wildman–Crippen MR) is 97.8 cm³/mol. The van der Waals surface area contributed by atoms with Gasteiger partial charge in [0.25, 0.3) is 11.6 Å². The van der Waals surface area contributed by atoms with Crippen LogP contribution in [0.4, 0.5) is 11.4 Å². The normalized spacial score (nSPS) is 12.0. The number of hydrazone groups is 1. The average molecular weight is 396 g/mol. The maximum atomic E-state index is 12.0. The number of hydrogen-bond acceptors (Lipinski definition) is 6. The molecule has 2 rings (SSSR count). The number of hydrogen-bond donors (Lipinski definition) is 2. The third-order valence-electron chi connectivity index (χ3n) is 3.24. The van der Waals surface area contributed by atoms with Crippen LogP contribution in [0, 0.1) is 10.1 Å². The van der Waals surface area contributed by atoms with Crippen molar-refractivity contribution in [1.29, 1.82) is 0 Å². The SMILES string of the molecule is C[C@H](Nc1cccc(Cl)c1)C(=O)N/N=C\c1cc(Cl)cc([N+](=O)[O-])c1[O-]. The number of nitro benzene ring substituents is 1. The summed E-state index contributed by atoms with van der Waals surface area (Å²) in [5.74, 6) is -1.33. The molecule has 1 atom stereocenters. The van der Waals surface area contributed by atoms with Crippen molar-refractivity contribution in [3.63, 3.8) is 0 Å². The molecule has 0 aliphatic carbocycles. The summed E-state index contributed by atoms with van der Waals surface area (Å²) in [6, 6.07) is 8.36. The standard InChI is InChI=1S/C16H14Cl2N4O4/c1-9(20-13-4-2-3-11(17)6-13)16(24)21-19-8-10-5-12(18)7-14(15(10)23)22(25)26/h2-9,20,23H,1H3,(H,21,24)/p-1/b19-8-/t9-/m0/s1. The van der Waals surface area contributed by atoms with Gasteiger partial charge in [0.05, 0.1) is 11.1 Å². The van der Waals surface area contributed by atoms with Gasteiger partial charge in [-0.1, -0.05) is 29.3 Å². The Labute approximate surface area is 158 Å². The second-order valence-electron chi connectivity index (χ2n) is 5.21. The molecule has 0 radical (unpaired) electrons.